The highest BCUT2D eigenvalue weighted by molar-refractivity contribution is 6.00. The molecule has 3 rings (SSSR count). The number of benzene rings is 2. The van der Waals surface area contributed by atoms with Crippen molar-refractivity contribution < 1.29 is 14.3 Å². The lowest BCUT2D eigenvalue weighted by Crippen LogP contribution is -2.52. The fourth-order valence-corrected chi connectivity index (χ4v) is 2.58. The first-order valence-electron chi connectivity index (χ1n) is 7.73. The molecule has 0 aromatic heterocycles. The summed E-state index contributed by atoms with van der Waals surface area (Å²) in [7, 11) is 0. The molecular weight excluding hydrogens is 306 g/mol. The molecule has 0 radical (unpaired) electrons. The maximum Gasteiger partial charge on any atom is 0.320 e. The predicted molar refractivity (Wildman–Crippen MR) is 92.3 cm³/mol. The van der Waals surface area contributed by atoms with Gasteiger partial charge in [-0.15, -0.1) is 0 Å². The molecule has 1 heterocycles. The van der Waals surface area contributed by atoms with Crippen LogP contribution in [0, 0.1) is 6.92 Å². The standard InChI is InChI=1S/C18H19N3O3/c1-11-6-5-7-13(10-11)19-18(23)21-16-12(2)24-15-9-4-3-8-14(15)20-17(16)22/h3-10,12,16H,1-2H3,(H,20,22)(H2,19,21,23)/t12-,16+/m0/s1. The maximum atomic E-state index is 12.4. The highest BCUT2D eigenvalue weighted by Crippen LogP contribution is 2.28. The van der Waals surface area contributed by atoms with Crippen molar-refractivity contribution in [2.24, 2.45) is 0 Å². The summed E-state index contributed by atoms with van der Waals surface area (Å²) in [6, 6.07) is 13.3. The van der Waals surface area contributed by atoms with Gasteiger partial charge in [-0.1, -0.05) is 24.3 Å². The Morgan fingerprint density at radius 2 is 1.96 bits per heavy atom. The summed E-state index contributed by atoms with van der Waals surface area (Å²) in [4.78, 5) is 24.6. The van der Waals surface area contributed by atoms with Crippen LogP contribution in [-0.4, -0.2) is 24.1 Å². The Balaban J connectivity index is 1.70. The smallest absolute Gasteiger partial charge is 0.320 e. The number of para-hydroxylation sites is 2. The van der Waals surface area contributed by atoms with E-state index in [1.807, 2.05) is 37.3 Å². The average Bonchev–Trinajstić information content (AvgIpc) is 2.65. The first-order chi connectivity index (χ1) is 11.5. The number of nitrogens with one attached hydrogen (secondary N) is 3. The van der Waals surface area contributed by atoms with Crippen LogP contribution >= 0.6 is 0 Å². The van der Waals surface area contributed by atoms with Crippen molar-refractivity contribution in [1.82, 2.24) is 5.32 Å². The average molecular weight is 325 g/mol. The third kappa shape index (κ3) is 3.48. The molecule has 0 unspecified atom stereocenters. The number of hydrogen-bond acceptors (Lipinski definition) is 3. The number of rotatable bonds is 2. The van der Waals surface area contributed by atoms with Gasteiger partial charge in [0.1, 0.15) is 17.9 Å². The summed E-state index contributed by atoms with van der Waals surface area (Å²) in [5.41, 5.74) is 2.29. The fraction of sp³-hybridized carbons (Fsp3) is 0.222. The zero-order chi connectivity index (χ0) is 17.1. The monoisotopic (exact) mass is 325 g/mol. The number of carbonyl (C=O) groups excluding carboxylic acids is 2. The number of amides is 3. The normalized spacial score (nSPS) is 19.3. The van der Waals surface area contributed by atoms with Gasteiger partial charge in [0, 0.05) is 5.69 Å². The van der Waals surface area contributed by atoms with Gasteiger partial charge < -0.3 is 20.7 Å². The number of fused-ring (bicyclic) bond motifs is 1. The second-order valence-corrected chi connectivity index (χ2v) is 5.75. The van der Waals surface area contributed by atoms with Crippen molar-refractivity contribution in [1.29, 1.82) is 0 Å². The van der Waals surface area contributed by atoms with Crippen LogP contribution in [0.25, 0.3) is 0 Å². The molecule has 6 nitrogen and oxygen atoms in total. The molecule has 0 aliphatic carbocycles. The van der Waals surface area contributed by atoms with E-state index in [0.29, 0.717) is 17.1 Å². The van der Waals surface area contributed by atoms with Crippen LogP contribution in [0.15, 0.2) is 48.5 Å². The molecule has 2 atom stereocenters. The SMILES string of the molecule is Cc1cccc(NC(=O)N[C@H]2C(=O)Nc3ccccc3O[C@H]2C)c1. The minimum Gasteiger partial charge on any atom is -0.486 e. The van der Waals surface area contributed by atoms with Gasteiger partial charge in [-0.2, -0.15) is 0 Å². The molecule has 24 heavy (non-hydrogen) atoms. The topological polar surface area (TPSA) is 79.5 Å². The number of ether oxygens (including phenoxy) is 1. The lowest BCUT2D eigenvalue weighted by atomic mass is 10.1. The fourth-order valence-electron chi connectivity index (χ4n) is 2.58. The Morgan fingerprint density at radius 1 is 1.17 bits per heavy atom. The van der Waals surface area contributed by atoms with Crippen molar-refractivity contribution in [3.63, 3.8) is 0 Å². The number of carbonyl (C=O) groups is 2. The number of anilines is 2. The molecule has 0 bridgehead atoms. The Bertz CT molecular complexity index is 776. The summed E-state index contributed by atoms with van der Waals surface area (Å²) >= 11 is 0. The van der Waals surface area contributed by atoms with Gasteiger partial charge >= 0.3 is 6.03 Å². The quantitative estimate of drug-likeness (QED) is 0.794. The summed E-state index contributed by atoms with van der Waals surface area (Å²) < 4.78 is 5.78. The summed E-state index contributed by atoms with van der Waals surface area (Å²) in [5.74, 6) is 0.272. The summed E-state index contributed by atoms with van der Waals surface area (Å²) in [6.07, 6.45) is -0.503. The van der Waals surface area contributed by atoms with E-state index in [-0.39, 0.29) is 5.91 Å². The highest BCUT2D eigenvalue weighted by Gasteiger charge is 2.32. The molecule has 3 amide bonds. The molecular formula is C18H19N3O3. The molecule has 0 spiro atoms. The molecule has 1 aliphatic heterocycles. The molecule has 3 N–H and O–H groups in total. The lowest BCUT2D eigenvalue weighted by molar-refractivity contribution is -0.119. The van der Waals surface area contributed by atoms with Gasteiger partial charge in [-0.3, -0.25) is 4.79 Å². The highest BCUT2D eigenvalue weighted by atomic mass is 16.5. The van der Waals surface area contributed by atoms with Crippen LogP contribution in [0.3, 0.4) is 0 Å². The van der Waals surface area contributed by atoms with Crippen molar-refractivity contribution in [2.75, 3.05) is 10.6 Å². The Morgan fingerprint density at radius 3 is 2.75 bits per heavy atom. The van der Waals surface area contributed by atoms with Crippen molar-refractivity contribution in [3.8, 4) is 5.75 Å². The molecule has 2 aromatic carbocycles. The van der Waals surface area contributed by atoms with Gasteiger partial charge in [0.05, 0.1) is 5.69 Å². The van der Waals surface area contributed by atoms with E-state index in [1.165, 1.54) is 0 Å². The largest absolute Gasteiger partial charge is 0.486 e. The molecule has 1 aliphatic rings. The van der Waals surface area contributed by atoms with Crippen molar-refractivity contribution in [3.05, 3.63) is 54.1 Å². The molecule has 0 fully saturated rings. The number of urea groups is 1. The van der Waals surface area contributed by atoms with Crippen LogP contribution in [0.2, 0.25) is 0 Å². The second-order valence-electron chi connectivity index (χ2n) is 5.75. The lowest BCUT2D eigenvalue weighted by Gasteiger charge is -2.21. The number of aryl methyl sites for hydroxylation is 1. The first-order valence-corrected chi connectivity index (χ1v) is 7.73. The molecule has 6 heteroatoms. The third-order valence-electron chi connectivity index (χ3n) is 3.77. The van der Waals surface area contributed by atoms with E-state index >= 15 is 0 Å². The third-order valence-corrected chi connectivity index (χ3v) is 3.77. The zero-order valence-electron chi connectivity index (χ0n) is 13.5. The molecule has 0 saturated heterocycles. The van der Waals surface area contributed by atoms with Crippen molar-refractivity contribution in [2.45, 2.75) is 26.0 Å². The minimum atomic E-state index is -0.804. The Labute approximate surface area is 140 Å². The van der Waals surface area contributed by atoms with Gasteiger partial charge in [0.2, 0.25) is 0 Å². The van der Waals surface area contributed by atoms with Gasteiger partial charge in [-0.25, -0.2) is 4.79 Å². The Hall–Kier alpha value is -3.02. The van der Waals surface area contributed by atoms with Crippen molar-refractivity contribution >= 4 is 23.3 Å². The maximum absolute atomic E-state index is 12.4. The second kappa shape index (κ2) is 6.62. The minimum absolute atomic E-state index is 0.313. The summed E-state index contributed by atoms with van der Waals surface area (Å²) in [6.45, 7) is 3.69. The van der Waals surface area contributed by atoms with E-state index in [2.05, 4.69) is 16.0 Å². The first kappa shape index (κ1) is 15.9. The molecule has 2 aromatic rings. The predicted octanol–water partition coefficient (Wildman–Crippen LogP) is 2.90. The van der Waals surface area contributed by atoms with Crippen LogP contribution < -0.4 is 20.7 Å². The van der Waals surface area contributed by atoms with E-state index in [9.17, 15) is 9.59 Å². The van der Waals surface area contributed by atoms with E-state index in [4.69, 9.17) is 4.74 Å². The van der Waals surface area contributed by atoms with Crippen LogP contribution in [0.5, 0.6) is 5.75 Å². The van der Waals surface area contributed by atoms with Crippen LogP contribution in [0.1, 0.15) is 12.5 Å². The summed E-state index contributed by atoms with van der Waals surface area (Å²) in [5, 5.41) is 8.18. The van der Waals surface area contributed by atoms with Gasteiger partial charge in [-0.05, 0) is 43.7 Å². The van der Waals surface area contributed by atoms with E-state index in [1.54, 1.807) is 25.1 Å². The van der Waals surface area contributed by atoms with E-state index < -0.39 is 18.2 Å². The van der Waals surface area contributed by atoms with Gasteiger partial charge in [0.15, 0.2) is 0 Å². The Kier molecular flexibility index (Phi) is 4.37. The van der Waals surface area contributed by atoms with E-state index in [0.717, 1.165) is 5.56 Å². The zero-order valence-corrected chi connectivity index (χ0v) is 13.5. The number of hydrogen-bond donors (Lipinski definition) is 3. The van der Waals surface area contributed by atoms with Crippen LogP contribution in [-0.2, 0) is 4.79 Å². The van der Waals surface area contributed by atoms with Gasteiger partial charge in [0.25, 0.3) is 5.91 Å². The molecule has 124 valence electrons. The molecule has 0 saturated carbocycles. The van der Waals surface area contributed by atoms with Crippen LogP contribution in [0.4, 0.5) is 16.2 Å².